The number of anilines is 1. The van der Waals surface area contributed by atoms with E-state index in [-0.39, 0.29) is 11.8 Å². The van der Waals surface area contributed by atoms with E-state index in [1.54, 1.807) is 0 Å². The van der Waals surface area contributed by atoms with Crippen LogP contribution in [0.1, 0.15) is 45.3 Å². The van der Waals surface area contributed by atoms with Crippen molar-refractivity contribution in [1.29, 1.82) is 0 Å². The van der Waals surface area contributed by atoms with Crippen LogP contribution >= 0.6 is 0 Å². The van der Waals surface area contributed by atoms with E-state index in [9.17, 15) is 24.2 Å². The Labute approximate surface area is 143 Å². The fraction of sp³-hybridized carbons (Fsp3) is 0.688. The summed E-state index contributed by atoms with van der Waals surface area (Å²) in [6, 6.07) is 0. The first kappa shape index (κ1) is 18.0. The van der Waals surface area contributed by atoms with Crippen LogP contribution < -0.4 is 11.0 Å². The molecule has 3 N–H and O–H groups in total. The maximum atomic E-state index is 14.3. The Hall–Kier alpha value is -1.84. The number of hydrogen-bond donors (Lipinski definition) is 3. The highest BCUT2D eigenvalue weighted by molar-refractivity contribution is 5.91. The molecule has 0 unspecified atom stereocenters. The zero-order valence-corrected chi connectivity index (χ0v) is 13.9. The Kier molecular flexibility index (Phi) is 5.16. The van der Waals surface area contributed by atoms with Crippen molar-refractivity contribution in [2.24, 2.45) is 5.92 Å². The highest BCUT2D eigenvalue weighted by Crippen LogP contribution is 2.29. The molecule has 8 nitrogen and oxygen atoms in total. The monoisotopic (exact) mass is 355 g/mol. The Bertz CT molecular complexity index is 704. The van der Waals surface area contributed by atoms with Crippen LogP contribution in [0.2, 0.25) is 0 Å². The van der Waals surface area contributed by atoms with E-state index in [1.807, 2.05) is 0 Å². The molecule has 9 heteroatoms. The number of halogens is 1. The Morgan fingerprint density at radius 2 is 2.00 bits per heavy atom. The summed E-state index contributed by atoms with van der Waals surface area (Å²) in [4.78, 5) is 27.9. The number of hydrogen-bond acceptors (Lipinski definition) is 6. The van der Waals surface area contributed by atoms with Crippen molar-refractivity contribution < 1.29 is 24.1 Å². The lowest BCUT2D eigenvalue weighted by atomic mass is 9.89. The maximum absolute atomic E-state index is 14.3. The lowest BCUT2D eigenvalue weighted by Gasteiger charge is -2.21. The van der Waals surface area contributed by atoms with Gasteiger partial charge in [-0.3, -0.25) is 9.36 Å². The molecule has 4 atom stereocenters. The van der Waals surface area contributed by atoms with Crippen molar-refractivity contribution in [2.45, 2.75) is 63.6 Å². The first-order valence-electron chi connectivity index (χ1n) is 8.49. The van der Waals surface area contributed by atoms with Gasteiger partial charge in [-0.15, -0.1) is 0 Å². The fourth-order valence-electron chi connectivity index (χ4n) is 3.36. The van der Waals surface area contributed by atoms with Gasteiger partial charge in [-0.05, 0) is 19.8 Å². The minimum Gasteiger partial charge on any atom is -0.388 e. The summed E-state index contributed by atoms with van der Waals surface area (Å²) in [5.41, 5.74) is -0.884. The Morgan fingerprint density at radius 1 is 1.32 bits per heavy atom. The predicted octanol–water partition coefficient (Wildman–Crippen LogP) is 0.540. The molecule has 1 aromatic rings. The smallest absolute Gasteiger partial charge is 0.351 e. The number of nitrogens with one attached hydrogen (secondary N) is 1. The standard InChI is InChI=1S/C16H22FN3O5/c1-8-11(21)12(22)15(25-8)20-7-10(17)13(19-16(20)24)18-14(23)9-5-3-2-4-6-9/h7-9,11-12,15,21-22H,2-6H2,1H3,(H,18,19,23,24)/t8-,11-,12-,15-/m1/s1. The molecule has 138 valence electrons. The van der Waals surface area contributed by atoms with Gasteiger partial charge in [0.15, 0.2) is 17.9 Å². The first-order chi connectivity index (χ1) is 11.9. The number of amides is 1. The summed E-state index contributed by atoms with van der Waals surface area (Å²) < 4.78 is 20.4. The van der Waals surface area contributed by atoms with Crippen molar-refractivity contribution in [1.82, 2.24) is 9.55 Å². The van der Waals surface area contributed by atoms with Crippen LogP contribution in [0.5, 0.6) is 0 Å². The van der Waals surface area contributed by atoms with E-state index in [2.05, 4.69) is 10.3 Å². The SMILES string of the molecule is C[C@H]1O[C@@H](n2cc(F)c(NC(=O)C3CCCCC3)nc2=O)[C@H](O)[C@@H]1O. The minimum absolute atomic E-state index is 0.201. The normalized spacial score (nSPS) is 30.4. The number of aliphatic hydroxyl groups is 2. The summed E-state index contributed by atoms with van der Waals surface area (Å²) in [6.45, 7) is 1.53. The van der Waals surface area contributed by atoms with Gasteiger partial charge in [0.25, 0.3) is 0 Å². The topological polar surface area (TPSA) is 114 Å². The van der Waals surface area contributed by atoms with Gasteiger partial charge < -0.3 is 20.3 Å². The second-order valence-electron chi connectivity index (χ2n) is 6.66. The third-order valence-corrected chi connectivity index (χ3v) is 4.88. The molecule has 3 rings (SSSR count). The number of nitrogens with zero attached hydrogens (tertiary/aromatic N) is 2. The van der Waals surface area contributed by atoms with Gasteiger partial charge in [0.2, 0.25) is 5.91 Å². The van der Waals surface area contributed by atoms with Gasteiger partial charge in [0, 0.05) is 5.92 Å². The number of aliphatic hydroxyl groups excluding tert-OH is 2. The molecular weight excluding hydrogens is 333 g/mol. The van der Waals surface area contributed by atoms with Gasteiger partial charge >= 0.3 is 5.69 Å². The van der Waals surface area contributed by atoms with Gasteiger partial charge in [-0.1, -0.05) is 19.3 Å². The second kappa shape index (κ2) is 7.19. The van der Waals surface area contributed by atoms with Gasteiger partial charge in [-0.2, -0.15) is 4.98 Å². The van der Waals surface area contributed by atoms with E-state index in [4.69, 9.17) is 4.74 Å². The molecule has 2 aliphatic rings. The molecule has 25 heavy (non-hydrogen) atoms. The van der Waals surface area contributed by atoms with Crippen LogP contribution in [0.25, 0.3) is 0 Å². The van der Waals surface area contributed by atoms with Crippen molar-refractivity contribution >= 4 is 11.7 Å². The zero-order valence-electron chi connectivity index (χ0n) is 13.9. The molecule has 1 saturated heterocycles. The van der Waals surface area contributed by atoms with Crippen LogP contribution in [0, 0.1) is 11.7 Å². The zero-order chi connectivity index (χ0) is 18.1. The summed E-state index contributed by atoms with van der Waals surface area (Å²) in [6.07, 6.45) is 0.779. The number of carbonyl (C=O) groups excluding carboxylic acids is 1. The Balaban J connectivity index is 1.78. The third kappa shape index (κ3) is 3.58. The predicted molar refractivity (Wildman–Crippen MR) is 85.3 cm³/mol. The maximum Gasteiger partial charge on any atom is 0.351 e. The molecule has 2 heterocycles. The summed E-state index contributed by atoms with van der Waals surface area (Å²) >= 11 is 0. The molecular formula is C16H22FN3O5. The van der Waals surface area contributed by atoms with E-state index in [0.717, 1.165) is 42.9 Å². The summed E-state index contributed by atoms with van der Waals surface area (Å²) in [5.74, 6) is -1.88. The average Bonchev–Trinajstić information content (AvgIpc) is 2.86. The van der Waals surface area contributed by atoms with Crippen LogP contribution in [-0.4, -0.2) is 44.0 Å². The summed E-state index contributed by atoms with van der Waals surface area (Å²) in [7, 11) is 0. The van der Waals surface area contributed by atoms with Gasteiger partial charge in [0.05, 0.1) is 12.3 Å². The highest BCUT2D eigenvalue weighted by atomic mass is 19.1. The number of aromatic nitrogens is 2. The quantitative estimate of drug-likeness (QED) is 0.729. The van der Waals surface area contributed by atoms with E-state index in [0.29, 0.717) is 0 Å². The first-order valence-corrected chi connectivity index (χ1v) is 8.49. The molecule has 1 aliphatic heterocycles. The Morgan fingerprint density at radius 3 is 2.60 bits per heavy atom. The number of rotatable bonds is 3. The van der Waals surface area contributed by atoms with Crippen LogP contribution in [0.15, 0.2) is 11.0 Å². The van der Waals surface area contributed by atoms with Crippen molar-refractivity contribution in [2.75, 3.05) is 5.32 Å². The molecule has 1 saturated carbocycles. The van der Waals surface area contributed by atoms with E-state index < -0.39 is 41.9 Å². The molecule has 0 radical (unpaired) electrons. The van der Waals surface area contributed by atoms with Gasteiger partial charge in [0.1, 0.15) is 12.2 Å². The van der Waals surface area contributed by atoms with Crippen LogP contribution in [-0.2, 0) is 9.53 Å². The lowest BCUT2D eigenvalue weighted by Crippen LogP contribution is -2.36. The highest BCUT2D eigenvalue weighted by Gasteiger charge is 2.42. The molecule has 1 aliphatic carbocycles. The van der Waals surface area contributed by atoms with Crippen molar-refractivity contribution in [3.63, 3.8) is 0 Å². The molecule has 1 aromatic heterocycles. The van der Waals surface area contributed by atoms with Crippen molar-refractivity contribution in [3.8, 4) is 0 Å². The minimum atomic E-state index is -1.38. The third-order valence-electron chi connectivity index (χ3n) is 4.88. The lowest BCUT2D eigenvalue weighted by molar-refractivity contribution is -0.120. The van der Waals surface area contributed by atoms with E-state index >= 15 is 0 Å². The largest absolute Gasteiger partial charge is 0.388 e. The molecule has 2 fully saturated rings. The number of carbonyl (C=O) groups is 1. The fourth-order valence-corrected chi connectivity index (χ4v) is 3.36. The molecule has 1 amide bonds. The van der Waals surface area contributed by atoms with Crippen LogP contribution in [0.3, 0.4) is 0 Å². The summed E-state index contributed by atoms with van der Waals surface area (Å²) in [5, 5.41) is 22.0. The van der Waals surface area contributed by atoms with Gasteiger partial charge in [-0.25, -0.2) is 9.18 Å². The van der Waals surface area contributed by atoms with Crippen LogP contribution in [0.4, 0.5) is 10.2 Å². The number of ether oxygens (including phenoxy) is 1. The van der Waals surface area contributed by atoms with E-state index in [1.165, 1.54) is 6.92 Å². The second-order valence-corrected chi connectivity index (χ2v) is 6.66. The molecule has 0 aromatic carbocycles. The molecule has 0 bridgehead atoms. The molecule has 0 spiro atoms. The van der Waals surface area contributed by atoms with Crippen molar-refractivity contribution in [3.05, 3.63) is 22.5 Å². The average molecular weight is 355 g/mol.